The maximum atomic E-state index is 9.42. The van der Waals surface area contributed by atoms with E-state index in [-0.39, 0.29) is 5.75 Å². The molecule has 0 saturated heterocycles. The van der Waals surface area contributed by atoms with Gasteiger partial charge in [0.2, 0.25) is 0 Å². The molecule has 0 aliphatic carbocycles. The summed E-state index contributed by atoms with van der Waals surface area (Å²) in [5.41, 5.74) is 3.40. The Balaban J connectivity index is 2.06. The number of phenolic OH excluding ortho intramolecular Hbond substituents is 1. The van der Waals surface area contributed by atoms with E-state index in [1.807, 2.05) is 24.3 Å². The van der Waals surface area contributed by atoms with Gasteiger partial charge < -0.3 is 10.4 Å². The number of aryl methyl sites for hydroxylation is 1. The first kappa shape index (κ1) is 13.4. The summed E-state index contributed by atoms with van der Waals surface area (Å²) in [5.74, 6) is 0.262. The second-order valence-electron chi connectivity index (χ2n) is 4.10. The summed E-state index contributed by atoms with van der Waals surface area (Å²) in [7, 11) is 0. The van der Waals surface area contributed by atoms with Gasteiger partial charge in [0.15, 0.2) is 0 Å². The first-order chi connectivity index (χ1) is 8.56. The third-order valence-corrected chi connectivity index (χ3v) is 4.19. The van der Waals surface area contributed by atoms with E-state index < -0.39 is 0 Å². The normalized spacial score (nSPS) is 10.4. The van der Waals surface area contributed by atoms with E-state index in [9.17, 15) is 5.11 Å². The second-order valence-corrected chi connectivity index (χ2v) is 5.81. The zero-order chi connectivity index (χ0) is 13.1. The van der Waals surface area contributed by atoms with Gasteiger partial charge in [-0.3, -0.25) is 0 Å². The summed E-state index contributed by atoms with van der Waals surface area (Å²) >= 11 is 6.79. The molecule has 2 nitrogen and oxygen atoms in total. The average Bonchev–Trinajstić information content (AvgIpc) is 2.35. The van der Waals surface area contributed by atoms with Crippen molar-refractivity contribution in [1.82, 2.24) is 0 Å². The summed E-state index contributed by atoms with van der Waals surface area (Å²) in [6.45, 7) is 2.78. The maximum absolute atomic E-state index is 9.42. The number of phenols is 1. The maximum Gasteiger partial charge on any atom is 0.129 e. The van der Waals surface area contributed by atoms with Gasteiger partial charge in [-0.25, -0.2) is 0 Å². The molecule has 0 bridgehead atoms. The summed E-state index contributed by atoms with van der Waals surface area (Å²) in [6, 6.07) is 11.7. The Morgan fingerprint density at radius 3 is 2.50 bits per heavy atom. The van der Waals surface area contributed by atoms with Crippen LogP contribution in [0.15, 0.2) is 45.3 Å². The van der Waals surface area contributed by atoms with Crippen LogP contribution < -0.4 is 5.32 Å². The van der Waals surface area contributed by atoms with Gasteiger partial charge in [0.05, 0.1) is 4.47 Å². The molecule has 2 rings (SSSR count). The fourth-order valence-electron chi connectivity index (χ4n) is 1.62. The lowest BCUT2D eigenvalue weighted by Gasteiger charge is -2.09. The summed E-state index contributed by atoms with van der Waals surface area (Å²) < 4.78 is 1.83. The van der Waals surface area contributed by atoms with E-state index in [1.54, 1.807) is 6.07 Å². The van der Waals surface area contributed by atoms with Crippen LogP contribution in [-0.2, 0) is 6.54 Å². The van der Waals surface area contributed by atoms with Crippen LogP contribution in [0, 0.1) is 6.92 Å². The molecule has 0 unspecified atom stereocenters. The predicted octanol–water partition coefficient (Wildman–Crippen LogP) is 4.84. The highest BCUT2D eigenvalue weighted by Gasteiger charge is 2.01. The number of anilines is 1. The lowest BCUT2D eigenvalue weighted by molar-refractivity contribution is 0.471. The second kappa shape index (κ2) is 5.76. The quantitative estimate of drug-likeness (QED) is 0.810. The molecule has 2 N–H and O–H groups in total. The minimum Gasteiger partial charge on any atom is -0.507 e. The zero-order valence-corrected chi connectivity index (χ0v) is 13.0. The Morgan fingerprint density at radius 1 is 1.06 bits per heavy atom. The minimum absolute atomic E-state index is 0.262. The Morgan fingerprint density at radius 2 is 1.83 bits per heavy atom. The first-order valence-electron chi connectivity index (χ1n) is 5.53. The van der Waals surface area contributed by atoms with Gasteiger partial charge in [-0.15, -0.1) is 0 Å². The van der Waals surface area contributed by atoms with Crippen molar-refractivity contribution in [3.05, 3.63) is 56.5 Å². The molecule has 0 aliphatic rings. The Bertz CT molecular complexity index is 518. The van der Waals surface area contributed by atoms with Crippen LogP contribution >= 0.6 is 31.9 Å². The first-order valence-corrected chi connectivity index (χ1v) is 7.12. The minimum atomic E-state index is 0.262. The van der Waals surface area contributed by atoms with E-state index >= 15 is 0 Å². The zero-order valence-electron chi connectivity index (χ0n) is 9.87. The van der Waals surface area contributed by atoms with Crippen LogP contribution in [0.3, 0.4) is 0 Å². The Hall–Kier alpha value is -1.000. The molecule has 0 saturated carbocycles. The summed E-state index contributed by atoms with van der Waals surface area (Å²) in [5, 5.41) is 12.8. The van der Waals surface area contributed by atoms with E-state index in [4.69, 9.17) is 0 Å². The largest absolute Gasteiger partial charge is 0.507 e. The fraction of sp³-hybridized carbons (Fsp3) is 0.143. The Labute approximate surface area is 123 Å². The number of hydrogen-bond acceptors (Lipinski definition) is 2. The van der Waals surface area contributed by atoms with Crippen molar-refractivity contribution in [2.75, 3.05) is 5.32 Å². The predicted molar refractivity (Wildman–Crippen MR) is 82.0 cm³/mol. The molecule has 18 heavy (non-hydrogen) atoms. The number of hydrogen-bond donors (Lipinski definition) is 2. The van der Waals surface area contributed by atoms with Gasteiger partial charge in [0.25, 0.3) is 0 Å². The van der Waals surface area contributed by atoms with Gasteiger partial charge in [0, 0.05) is 16.7 Å². The lowest BCUT2D eigenvalue weighted by Crippen LogP contribution is -1.99. The molecule has 94 valence electrons. The standard InChI is InChI=1S/C14H13Br2NO/c1-9-6-11(3-4-12(9)15)17-8-10-2-5-14(18)13(16)7-10/h2-7,17-18H,8H2,1H3. The van der Waals surface area contributed by atoms with Gasteiger partial charge in [-0.05, 0) is 64.3 Å². The third kappa shape index (κ3) is 3.27. The van der Waals surface area contributed by atoms with Crippen molar-refractivity contribution >= 4 is 37.5 Å². The smallest absolute Gasteiger partial charge is 0.129 e. The van der Waals surface area contributed by atoms with Crippen LogP contribution in [0.25, 0.3) is 0 Å². The van der Waals surface area contributed by atoms with Crippen LogP contribution in [0.4, 0.5) is 5.69 Å². The average molecular weight is 371 g/mol. The molecule has 4 heteroatoms. The third-order valence-electron chi connectivity index (χ3n) is 2.67. The highest BCUT2D eigenvalue weighted by Crippen LogP contribution is 2.25. The number of nitrogens with one attached hydrogen (secondary N) is 1. The molecule has 0 atom stereocenters. The number of rotatable bonds is 3. The number of halogens is 2. The van der Waals surface area contributed by atoms with E-state index in [0.29, 0.717) is 4.47 Å². The van der Waals surface area contributed by atoms with Crippen molar-refractivity contribution in [3.63, 3.8) is 0 Å². The van der Waals surface area contributed by atoms with Crippen LogP contribution in [0.1, 0.15) is 11.1 Å². The van der Waals surface area contributed by atoms with Gasteiger partial charge in [0.1, 0.15) is 5.75 Å². The molecule has 2 aromatic rings. The van der Waals surface area contributed by atoms with Crippen molar-refractivity contribution in [2.45, 2.75) is 13.5 Å². The van der Waals surface area contributed by atoms with Gasteiger partial charge in [-0.2, -0.15) is 0 Å². The molecule has 0 aromatic heterocycles. The van der Waals surface area contributed by atoms with Crippen LogP contribution in [-0.4, -0.2) is 5.11 Å². The van der Waals surface area contributed by atoms with E-state index in [2.05, 4.69) is 50.2 Å². The summed E-state index contributed by atoms with van der Waals surface area (Å²) in [4.78, 5) is 0. The Kier molecular flexibility index (Phi) is 4.30. The van der Waals surface area contributed by atoms with E-state index in [1.165, 1.54) is 5.56 Å². The van der Waals surface area contributed by atoms with Crippen molar-refractivity contribution in [2.24, 2.45) is 0 Å². The molecule has 0 radical (unpaired) electrons. The molecule has 0 spiro atoms. The summed E-state index contributed by atoms with van der Waals surface area (Å²) in [6.07, 6.45) is 0. The molecule has 0 aliphatic heterocycles. The van der Waals surface area contributed by atoms with E-state index in [0.717, 1.165) is 22.3 Å². The number of benzene rings is 2. The molecular formula is C14H13Br2NO. The van der Waals surface area contributed by atoms with Crippen molar-refractivity contribution in [1.29, 1.82) is 0 Å². The molecule has 0 heterocycles. The topological polar surface area (TPSA) is 32.3 Å². The highest BCUT2D eigenvalue weighted by atomic mass is 79.9. The van der Waals surface area contributed by atoms with Gasteiger partial charge >= 0.3 is 0 Å². The molecule has 0 amide bonds. The van der Waals surface area contributed by atoms with Gasteiger partial charge in [-0.1, -0.05) is 22.0 Å². The van der Waals surface area contributed by atoms with Crippen molar-refractivity contribution in [3.8, 4) is 5.75 Å². The lowest BCUT2D eigenvalue weighted by atomic mass is 10.2. The SMILES string of the molecule is Cc1cc(NCc2ccc(O)c(Br)c2)ccc1Br. The van der Waals surface area contributed by atoms with Crippen molar-refractivity contribution < 1.29 is 5.11 Å². The van der Waals surface area contributed by atoms with Crippen LogP contribution in [0.5, 0.6) is 5.75 Å². The molecular weight excluding hydrogens is 358 g/mol. The monoisotopic (exact) mass is 369 g/mol. The number of aromatic hydroxyl groups is 1. The fourth-order valence-corrected chi connectivity index (χ4v) is 2.29. The molecule has 0 fully saturated rings. The highest BCUT2D eigenvalue weighted by molar-refractivity contribution is 9.10. The molecule has 2 aromatic carbocycles. The van der Waals surface area contributed by atoms with Crippen LogP contribution in [0.2, 0.25) is 0 Å².